The SMILES string of the molecule is CC(=O)O[C@H]1CC[C@@]2(C)[C@@H](CC[C@]3(C)[C@@H]2CC[C@]2(C)c4c(O)ccc(O)c4C[C@@H]32)[C@]1(C)CC[C@@H]1C(C)=CCCC1(C)C. The lowest BCUT2D eigenvalue weighted by Gasteiger charge is -2.69. The Kier molecular flexibility index (Phi) is 6.99. The van der Waals surface area contributed by atoms with Gasteiger partial charge in [-0.15, -0.1) is 0 Å². The third-order valence-corrected chi connectivity index (χ3v) is 14.6. The molecule has 0 heterocycles. The van der Waals surface area contributed by atoms with E-state index in [1.165, 1.54) is 12.8 Å². The normalized spacial score (nSPS) is 43.8. The minimum atomic E-state index is -0.138. The predicted octanol–water partition coefficient (Wildman–Crippen LogP) is 9.25. The van der Waals surface area contributed by atoms with Crippen molar-refractivity contribution >= 4 is 5.97 Å². The van der Waals surface area contributed by atoms with E-state index >= 15 is 0 Å². The minimum Gasteiger partial charge on any atom is -0.508 e. The predicted molar refractivity (Wildman–Crippen MR) is 168 cm³/mol. The molecule has 0 saturated heterocycles. The maximum Gasteiger partial charge on any atom is 0.302 e. The molecule has 2 N–H and O–H groups in total. The van der Waals surface area contributed by atoms with E-state index in [9.17, 15) is 15.0 Å². The third-order valence-electron chi connectivity index (χ3n) is 14.6. The molecule has 0 amide bonds. The minimum absolute atomic E-state index is 0.0214. The van der Waals surface area contributed by atoms with Gasteiger partial charge in [0.25, 0.3) is 0 Å². The topological polar surface area (TPSA) is 66.8 Å². The van der Waals surface area contributed by atoms with E-state index in [0.717, 1.165) is 68.9 Å². The quantitative estimate of drug-likeness (QED) is 0.213. The van der Waals surface area contributed by atoms with Crippen LogP contribution < -0.4 is 0 Å². The van der Waals surface area contributed by atoms with E-state index in [1.54, 1.807) is 24.6 Å². The maximum absolute atomic E-state index is 12.4. The average Bonchev–Trinajstić information content (AvgIpc) is 3.23. The molecule has 0 radical (unpaired) electrons. The number of carbonyl (C=O) groups excluding carboxylic acids is 1. The summed E-state index contributed by atoms with van der Waals surface area (Å²) in [4.78, 5) is 12.4. The molecule has 3 saturated carbocycles. The van der Waals surface area contributed by atoms with Gasteiger partial charge in [-0.1, -0.05) is 53.2 Å². The van der Waals surface area contributed by atoms with Crippen molar-refractivity contribution in [2.75, 3.05) is 0 Å². The van der Waals surface area contributed by atoms with Gasteiger partial charge in [0.2, 0.25) is 0 Å². The summed E-state index contributed by atoms with van der Waals surface area (Å²) in [5, 5.41) is 21.9. The molecule has 6 rings (SSSR count). The largest absolute Gasteiger partial charge is 0.508 e. The first-order valence-electron chi connectivity index (χ1n) is 17.0. The van der Waals surface area contributed by atoms with Crippen molar-refractivity contribution < 1.29 is 19.7 Å². The first-order valence-corrected chi connectivity index (χ1v) is 17.0. The van der Waals surface area contributed by atoms with Gasteiger partial charge in [0.1, 0.15) is 17.6 Å². The highest BCUT2D eigenvalue weighted by atomic mass is 16.5. The highest BCUT2D eigenvalue weighted by Crippen LogP contribution is 2.74. The Morgan fingerprint density at radius 1 is 0.881 bits per heavy atom. The Morgan fingerprint density at radius 3 is 2.21 bits per heavy atom. The fraction of sp³-hybridized carbons (Fsp3) is 0.763. The molecule has 0 aromatic heterocycles. The Morgan fingerprint density at radius 2 is 1.52 bits per heavy atom. The zero-order valence-electron chi connectivity index (χ0n) is 27.6. The molecule has 42 heavy (non-hydrogen) atoms. The lowest BCUT2D eigenvalue weighted by atomic mass is 9.36. The maximum atomic E-state index is 12.4. The zero-order chi connectivity index (χ0) is 30.5. The Hall–Kier alpha value is -1.97. The molecule has 9 atom stereocenters. The number of carbonyl (C=O) groups is 1. The molecule has 1 aromatic rings. The second-order valence-corrected chi connectivity index (χ2v) is 17.0. The highest BCUT2D eigenvalue weighted by molar-refractivity contribution is 5.66. The highest BCUT2D eigenvalue weighted by Gasteiger charge is 2.68. The van der Waals surface area contributed by atoms with Gasteiger partial charge in [0.05, 0.1) is 0 Å². The molecule has 232 valence electrons. The number of allylic oxidation sites excluding steroid dienone is 2. The van der Waals surface area contributed by atoms with Crippen molar-refractivity contribution in [3.05, 3.63) is 34.9 Å². The van der Waals surface area contributed by atoms with E-state index in [2.05, 4.69) is 54.5 Å². The van der Waals surface area contributed by atoms with Crippen LogP contribution in [-0.2, 0) is 21.4 Å². The summed E-state index contributed by atoms with van der Waals surface area (Å²) >= 11 is 0. The summed E-state index contributed by atoms with van der Waals surface area (Å²) in [5.74, 6) is 2.64. The molecule has 1 aromatic carbocycles. The van der Waals surface area contributed by atoms with Gasteiger partial charge in [-0.3, -0.25) is 4.79 Å². The summed E-state index contributed by atoms with van der Waals surface area (Å²) in [6, 6.07) is 3.37. The van der Waals surface area contributed by atoms with Crippen molar-refractivity contribution in [3.8, 4) is 11.5 Å². The second-order valence-electron chi connectivity index (χ2n) is 17.0. The van der Waals surface area contributed by atoms with Crippen LogP contribution in [0.5, 0.6) is 11.5 Å². The van der Waals surface area contributed by atoms with Crippen molar-refractivity contribution in [2.45, 2.75) is 138 Å². The van der Waals surface area contributed by atoms with Crippen LogP contribution >= 0.6 is 0 Å². The van der Waals surface area contributed by atoms with E-state index in [1.807, 2.05) is 0 Å². The number of fused-ring (bicyclic) bond motifs is 7. The molecule has 5 aliphatic carbocycles. The number of phenolic OH excluding ortho intramolecular Hbond substituents is 2. The standard InChI is InChI=1S/C38H56O4/c1-23-10-9-17-34(3,4)26(23)13-18-37(7)30-14-19-36(6)29(35(30,5)21-16-32(37)42-24(2)39)15-20-38(8)31(36)22-25-27(40)11-12-28(41)33(25)38/h10-12,26,29-32,40-41H,9,13-22H2,1-8H3/t26-,29-,30-,31+,32+,35-,36-,37+,38+/m1/s1. The van der Waals surface area contributed by atoms with E-state index in [0.29, 0.717) is 40.6 Å². The Labute approximate surface area is 254 Å². The van der Waals surface area contributed by atoms with E-state index in [-0.39, 0.29) is 33.7 Å². The molecular weight excluding hydrogens is 520 g/mol. The molecule has 0 unspecified atom stereocenters. The van der Waals surface area contributed by atoms with Crippen LogP contribution in [0, 0.1) is 45.3 Å². The molecule has 5 aliphatic rings. The van der Waals surface area contributed by atoms with Gasteiger partial charge in [0, 0.05) is 28.9 Å². The van der Waals surface area contributed by atoms with Gasteiger partial charge in [-0.25, -0.2) is 0 Å². The monoisotopic (exact) mass is 576 g/mol. The molecule has 4 heteroatoms. The Balaban J connectivity index is 1.35. The number of hydrogen-bond donors (Lipinski definition) is 2. The Bertz CT molecular complexity index is 1290. The number of esters is 1. The van der Waals surface area contributed by atoms with Crippen LogP contribution in [0.15, 0.2) is 23.8 Å². The fourth-order valence-corrected chi connectivity index (χ4v) is 12.6. The molecular formula is C38H56O4. The average molecular weight is 577 g/mol. The summed E-state index contributed by atoms with van der Waals surface area (Å²) in [6.07, 6.45) is 14.5. The first kappa shape index (κ1) is 30.1. The lowest BCUT2D eigenvalue weighted by molar-refractivity contribution is -0.217. The summed E-state index contributed by atoms with van der Waals surface area (Å²) in [7, 11) is 0. The van der Waals surface area contributed by atoms with E-state index < -0.39 is 0 Å². The van der Waals surface area contributed by atoms with Gasteiger partial charge in [-0.2, -0.15) is 0 Å². The van der Waals surface area contributed by atoms with Gasteiger partial charge in [-0.05, 0) is 130 Å². The van der Waals surface area contributed by atoms with Gasteiger partial charge in [0.15, 0.2) is 0 Å². The van der Waals surface area contributed by atoms with Crippen LogP contribution in [0.25, 0.3) is 0 Å². The number of phenols is 2. The number of ether oxygens (including phenoxy) is 1. The van der Waals surface area contributed by atoms with E-state index in [4.69, 9.17) is 4.74 Å². The number of benzene rings is 1. The molecule has 4 nitrogen and oxygen atoms in total. The summed E-state index contributed by atoms with van der Waals surface area (Å²) < 4.78 is 6.23. The summed E-state index contributed by atoms with van der Waals surface area (Å²) in [6.45, 7) is 18.8. The van der Waals surface area contributed by atoms with Crippen LogP contribution in [0.2, 0.25) is 0 Å². The number of hydrogen-bond acceptors (Lipinski definition) is 4. The first-order chi connectivity index (χ1) is 19.6. The molecule has 0 aliphatic heterocycles. The summed E-state index contributed by atoms with van der Waals surface area (Å²) in [5.41, 5.74) is 4.00. The molecule has 3 fully saturated rings. The molecule has 0 spiro atoms. The lowest BCUT2D eigenvalue weighted by Crippen LogP contribution is -2.64. The smallest absolute Gasteiger partial charge is 0.302 e. The molecule has 0 bridgehead atoms. The zero-order valence-corrected chi connectivity index (χ0v) is 27.6. The van der Waals surface area contributed by atoms with Crippen LogP contribution in [0.1, 0.15) is 131 Å². The third kappa shape index (κ3) is 4.15. The van der Waals surface area contributed by atoms with Crippen molar-refractivity contribution in [1.29, 1.82) is 0 Å². The van der Waals surface area contributed by atoms with Crippen LogP contribution in [0.3, 0.4) is 0 Å². The fourth-order valence-electron chi connectivity index (χ4n) is 12.6. The van der Waals surface area contributed by atoms with Gasteiger partial charge >= 0.3 is 5.97 Å². The number of aromatic hydroxyl groups is 2. The van der Waals surface area contributed by atoms with Crippen molar-refractivity contribution in [3.63, 3.8) is 0 Å². The van der Waals surface area contributed by atoms with Crippen molar-refractivity contribution in [2.24, 2.45) is 45.3 Å². The number of rotatable bonds is 4. The van der Waals surface area contributed by atoms with Crippen molar-refractivity contribution in [1.82, 2.24) is 0 Å². The van der Waals surface area contributed by atoms with Crippen LogP contribution in [0.4, 0.5) is 0 Å². The van der Waals surface area contributed by atoms with Crippen LogP contribution in [-0.4, -0.2) is 22.3 Å². The second kappa shape index (κ2) is 9.77. The van der Waals surface area contributed by atoms with Gasteiger partial charge < -0.3 is 14.9 Å².